The van der Waals surface area contributed by atoms with Crippen molar-refractivity contribution in [2.24, 2.45) is 0 Å². The van der Waals surface area contributed by atoms with Crippen molar-refractivity contribution in [3.63, 3.8) is 0 Å². The van der Waals surface area contributed by atoms with E-state index in [0.29, 0.717) is 11.3 Å². The first kappa shape index (κ1) is 12.1. The van der Waals surface area contributed by atoms with E-state index in [-0.39, 0.29) is 46.7 Å². The first-order valence-corrected chi connectivity index (χ1v) is 9.69. The molecule has 0 unspecified atom stereocenters. The molecule has 1 amide bonds. The maximum Gasteiger partial charge on any atom is 0.230 e. The number of nitrogens with one attached hydrogen (secondary N) is 1. The highest BCUT2D eigenvalue weighted by atomic mass is 32.1. The highest BCUT2D eigenvalue weighted by Crippen LogP contribution is 2.21. The lowest BCUT2D eigenvalue weighted by Gasteiger charge is -2.11. The number of nitrogen functional groups attached to an aromatic ring is 1. The Morgan fingerprint density at radius 3 is 2.69 bits per heavy atom. The maximum absolute atomic E-state index is 12.3. The predicted octanol–water partition coefficient (Wildman–Crippen LogP) is 4.66. The largest absolute Gasteiger partial charge is 0.388 e. The number of thiazole rings is 1. The third-order valence-electron chi connectivity index (χ3n) is 3.88. The smallest absolute Gasteiger partial charge is 0.230 e. The van der Waals surface area contributed by atoms with Gasteiger partial charge in [-0.25, -0.2) is 4.98 Å². The average molecular weight is 419 g/mol. The monoisotopic (exact) mass is 418 g/mol. The van der Waals surface area contributed by atoms with Gasteiger partial charge in [0.05, 0.1) is 25.1 Å². The van der Waals surface area contributed by atoms with E-state index in [1.807, 2.05) is 0 Å². The van der Waals surface area contributed by atoms with Gasteiger partial charge in [-0.15, -0.1) is 11.3 Å². The molecule has 1 atom stereocenters. The fourth-order valence-electron chi connectivity index (χ4n) is 2.43. The second-order valence-corrected chi connectivity index (χ2v) is 7.10. The Hall–Kier alpha value is -2.70. The number of aryl methyl sites for hydroxylation is 1. The highest BCUT2D eigenvalue weighted by molar-refractivity contribution is 7.13. The van der Waals surface area contributed by atoms with E-state index >= 15 is 0 Å². The number of anilines is 2. The summed E-state index contributed by atoms with van der Waals surface area (Å²) in [6, 6.07) is 4.35. The Bertz CT molecular complexity index is 1320. The van der Waals surface area contributed by atoms with Crippen molar-refractivity contribution < 1.29 is 22.2 Å². The van der Waals surface area contributed by atoms with Gasteiger partial charge in [-0.1, -0.05) is 48.3 Å². The van der Waals surface area contributed by atoms with E-state index in [1.54, 1.807) is 24.3 Å². The number of aromatic nitrogens is 1. The molecular formula is C23H27N3O2S. The minimum absolute atomic E-state index is 0.0699. The molecule has 3 rings (SSSR count). The highest BCUT2D eigenvalue weighted by Gasteiger charge is 2.08. The number of aliphatic hydroxyl groups excluding tert-OH is 1. The molecule has 0 radical (unpaired) electrons. The molecule has 1 heterocycles. The van der Waals surface area contributed by atoms with E-state index in [2.05, 4.69) is 10.3 Å². The predicted molar refractivity (Wildman–Crippen MR) is 119 cm³/mol. The van der Waals surface area contributed by atoms with Crippen molar-refractivity contribution in [2.75, 3.05) is 11.1 Å². The Kier molecular flexibility index (Phi) is 4.25. The number of nitrogens with two attached hydrogens (primary N) is 1. The van der Waals surface area contributed by atoms with E-state index in [0.717, 1.165) is 11.3 Å². The Balaban J connectivity index is 1.68. The van der Waals surface area contributed by atoms with Gasteiger partial charge in [-0.3, -0.25) is 4.79 Å². The Morgan fingerprint density at radius 1 is 1.31 bits per heavy atom. The lowest BCUT2D eigenvalue weighted by molar-refractivity contribution is -0.115. The molecule has 0 spiro atoms. The van der Waals surface area contributed by atoms with Gasteiger partial charge in [0.15, 0.2) is 5.13 Å². The summed E-state index contributed by atoms with van der Waals surface area (Å²) < 4.78 is 73.1. The van der Waals surface area contributed by atoms with Crippen LogP contribution in [0.5, 0.6) is 0 Å². The molecule has 29 heavy (non-hydrogen) atoms. The van der Waals surface area contributed by atoms with Crippen molar-refractivity contribution >= 4 is 28.1 Å². The minimum atomic E-state index is -2.60. The standard InChI is InChI=1S/C23H27N3O2S/c1-16-6-10-18(11-7-16)21(27)5-3-2-4-17-8-12-19(13-9-17)25-22(28)14-20-15-29-23(24)26-20/h6-13,15,21,27H,2-5,14H2,1H3,(H2,24,26)(H,25,28)/t21-/m0/s1/i2D2,5D2,6D,7D,10D,11D,15D. The lowest BCUT2D eigenvalue weighted by atomic mass is 10.0. The third kappa shape index (κ3) is 6.69. The number of hydrogen-bond acceptors (Lipinski definition) is 5. The Morgan fingerprint density at radius 2 is 2.03 bits per heavy atom. The van der Waals surface area contributed by atoms with Crippen molar-refractivity contribution in [2.45, 2.75) is 45.0 Å². The van der Waals surface area contributed by atoms with Crippen LogP contribution >= 0.6 is 11.3 Å². The lowest BCUT2D eigenvalue weighted by Crippen LogP contribution is -2.14. The second-order valence-electron chi connectivity index (χ2n) is 6.27. The average Bonchev–Trinajstić information content (AvgIpc) is 3.12. The molecule has 3 aromatic rings. The molecule has 152 valence electrons. The molecule has 0 saturated heterocycles. The topological polar surface area (TPSA) is 88.2 Å². The molecule has 0 aliphatic carbocycles. The van der Waals surface area contributed by atoms with E-state index < -0.39 is 48.8 Å². The van der Waals surface area contributed by atoms with Gasteiger partial charge >= 0.3 is 0 Å². The number of amides is 1. The number of carbonyl (C=O) groups excluding carboxylic acids is 1. The molecular weight excluding hydrogens is 382 g/mol. The summed E-state index contributed by atoms with van der Waals surface area (Å²) in [6.45, 7) is 1.39. The molecule has 5 nitrogen and oxygen atoms in total. The van der Waals surface area contributed by atoms with Gasteiger partial charge in [0, 0.05) is 16.5 Å². The molecule has 1 aromatic heterocycles. The van der Waals surface area contributed by atoms with Crippen LogP contribution in [0.15, 0.2) is 53.8 Å². The maximum atomic E-state index is 12.3. The summed E-state index contributed by atoms with van der Waals surface area (Å²) >= 11 is 0.972. The molecule has 0 aliphatic heterocycles. The van der Waals surface area contributed by atoms with E-state index in [9.17, 15) is 9.90 Å². The number of aliphatic hydroxyl groups is 1. The molecule has 0 saturated carbocycles. The number of benzene rings is 2. The normalized spacial score (nSPS) is 17.4. The second kappa shape index (κ2) is 10.2. The summed E-state index contributed by atoms with van der Waals surface area (Å²) in [5, 5.41) is 13.7. The van der Waals surface area contributed by atoms with E-state index in [4.69, 9.17) is 18.1 Å². The summed E-state index contributed by atoms with van der Waals surface area (Å²) in [5.74, 6) is -0.403. The Labute approximate surface area is 188 Å². The zero-order chi connectivity index (χ0) is 28.6. The summed E-state index contributed by atoms with van der Waals surface area (Å²) in [7, 11) is 0. The van der Waals surface area contributed by atoms with Crippen molar-refractivity contribution in [3.8, 4) is 0 Å². The molecule has 0 bridgehead atoms. The van der Waals surface area contributed by atoms with Crippen LogP contribution in [0.25, 0.3) is 0 Å². The van der Waals surface area contributed by atoms with Gasteiger partial charge < -0.3 is 16.2 Å². The molecule has 0 aliphatic rings. The van der Waals surface area contributed by atoms with Gasteiger partial charge in [0.25, 0.3) is 0 Å². The van der Waals surface area contributed by atoms with Crippen LogP contribution in [0.1, 0.15) is 60.0 Å². The summed E-state index contributed by atoms with van der Waals surface area (Å²) in [4.78, 5) is 16.2. The first-order valence-electron chi connectivity index (χ1n) is 13.4. The zero-order valence-electron chi connectivity index (χ0n) is 24.8. The van der Waals surface area contributed by atoms with E-state index in [1.165, 1.54) is 6.92 Å². The van der Waals surface area contributed by atoms with Crippen molar-refractivity contribution in [3.05, 3.63) is 76.2 Å². The molecule has 4 N–H and O–H groups in total. The molecule has 2 aromatic carbocycles. The van der Waals surface area contributed by atoms with Gasteiger partial charge in [0.1, 0.15) is 0 Å². The van der Waals surface area contributed by atoms with Crippen molar-refractivity contribution in [1.29, 1.82) is 0 Å². The van der Waals surface area contributed by atoms with Crippen molar-refractivity contribution in [1.82, 2.24) is 4.98 Å². The van der Waals surface area contributed by atoms with Crippen LogP contribution in [-0.4, -0.2) is 16.0 Å². The minimum Gasteiger partial charge on any atom is -0.388 e. The first-order chi connectivity index (χ1) is 17.5. The van der Waals surface area contributed by atoms with Gasteiger partial charge in [-0.2, -0.15) is 0 Å². The van der Waals surface area contributed by atoms with Crippen LogP contribution in [-0.2, 0) is 17.6 Å². The summed E-state index contributed by atoms with van der Waals surface area (Å²) in [5.41, 5.74) is 6.31. The fraction of sp³-hybridized carbons (Fsp3) is 0.304. The van der Waals surface area contributed by atoms with Crippen LogP contribution < -0.4 is 11.1 Å². The number of hydrogen-bond donors (Lipinski definition) is 3. The quantitative estimate of drug-likeness (QED) is 0.471. The SMILES string of the molecule is [2H]c1sc(N)nc1CC(=O)Nc1ccc(CC([2H])([2H])CC([2H])([2H])[C@H](O)c2c([2H])c([2H])c(C)c([2H])c2[2H])cc1. The van der Waals surface area contributed by atoms with Crippen LogP contribution in [0.3, 0.4) is 0 Å². The van der Waals surface area contributed by atoms with Gasteiger partial charge in [-0.05, 0) is 49.4 Å². The zero-order valence-corrected chi connectivity index (χ0v) is 16.6. The molecule has 6 heteroatoms. The number of nitrogens with zero attached hydrogens (tertiary/aromatic N) is 1. The van der Waals surface area contributed by atoms with Gasteiger partial charge in [0.2, 0.25) is 5.91 Å². The third-order valence-corrected chi connectivity index (χ3v) is 4.51. The fourth-order valence-corrected chi connectivity index (χ4v) is 2.92. The van der Waals surface area contributed by atoms with Crippen LogP contribution in [0, 0.1) is 6.92 Å². The summed E-state index contributed by atoms with van der Waals surface area (Å²) in [6.07, 6.45) is -7.96. The van der Waals surface area contributed by atoms with Crippen LogP contribution in [0.4, 0.5) is 10.8 Å². The number of carbonyl (C=O) groups is 1. The van der Waals surface area contributed by atoms with Crippen LogP contribution in [0.2, 0.25) is 0 Å². The molecule has 0 fully saturated rings. The number of rotatable bonds is 9.